The lowest BCUT2D eigenvalue weighted by Gasteiger charge is -2.63. The maximum absolute atomic E-state index is 13.9. The molecule has 3 N–H and O–H groups in total. The summed E-state index contributed by atoms with van der Waals surface area (Å²) in [7, 11) is 0. The van der Waals surface area contributed by atoms with Crippen LogP contribution in [-0.4, -0.2) is 51.8 Å². The molecule has 1 aliphatic heterocycles. The standard InChI is InChI=1S/C32H54N2O3/c1-29(37)15-16-32(18-20-35)23(21-29)7-8-24-25-9-10-27(30(25,2)14-11-26(24)32)28(36)22-34-19-17-31(33-34)12-5-3-4-6-13-31/h23-27,33,35,37H,3-22H2,1-2H3/t23-,24-,25-,26-,27+,29+,30-,32+/m0/s1. The highest BCUT2D eigenvalue weighted by Crippen LogP contribution is 2.69. The molecular formula is C32H54N2O3. The lowest BCUT2D eigenvalue weighted by molar-refractivity contribution is -0.163. The Kier molecular flexibility index (Phi) is 7.12. The molecule has 0 aromatic heterocycles. The summed E-state index contributed by atoms with van der Waals surface area (Å²) in [5, 5.41) is 23.3. The Morgan fingerprint density at radius 2 is 1.68 bits per heavy atom. The van der Waals surface area contributed by atoms with E-state index in [1.807, 2.05) is 6.92 Å². The predicted octanol–water partition coefficient (Wildman–Crippen LogP) is 5.63. The van der Waals surface area contributed by atoms with Crippen molar-refractivity contribution < 1.29 is 15.0 Å². The zero-order chi connectivity index (χ0) is 25.9. The third-order valence-corrected chi connectivity index (χ3v) is 13.3. The van der Waals surface area contributed by atoms with Crippen LogP contribution in [0, 0.1) is 40.4 Å². The van der Waals surface area contributed by atoms with Crippen LogP contribution in [0.3, 0.4) is 0 Å². The third-order valence-electron chi connectivity index (χ3n) is 13.3. The summed E-state index contributed by atoms with van der Waals surface area (Å²) in [6.45, 7) is 6.39. The van der Waals surface area contributed by atoms with Gasteiger partial charge in [0.05, 0.1) is 12.1 Å². The smallest absolute Gasteiger partial charge is 0.151 e. The summed E-state index contributed by atoms with van der Waals surface area (Å²) < 4.78 is 0. The van der Waals surface area contributed by atoms with Crippen LogP contribution in [0.25, 0.3) is 0 Å². The summed E-state index contributed by atoms with van der Waals surface area (Å²) >= 11 is 0. The quantitative estimate of drug-likeness (QED) is 0.443. The number of carbonyl (C=O) groups excluding carboxylic acids is 1. The molecule has 8 atom stereocenters. The van der Waals surface area contributed by atoms with Crippen LogP contribution in [0.1, 0.15) is 123 Å². The van der Waals surface area contributed by atoms with Gasteiger partial charge in [0.15, 0.2) is 5.78 Å². The average molecular weight is 515 g/mol. The molecule has 6 aliphatic rings. The molecule has 5 aliphatic carbocycles. The first-order valence-corrected chi connectivity index (χ1v) is 16.1. The first-order valence-electron chi connectivity index (χ1n) is 16.1. The predicted molar refractivity (Wildman–Crippen MR) is 147 cm³/mol. The average Bonchev–Trinajstić information content (AvgIpc) is 3.32. The zero-order valence-corrected chi connectivity index (χ0v) is 23.8. The highest BCUT2D eigenvalue weighted by atomic mass is 16.3. The molecule has 0 bridgehead atoms. The number of rotatable bonds is 5. The van der Waals surface area contributed by atoms with Crippen molar-refractivity contribution in [2.75, 3.05) is 19.7 Å². The number of Topliss-reactive ketones (excluding diaryl/α,β-unsaturated/α-hetero) is 1. The van der Waals surface area contributed by atoms with Gasteiger partial charge in [-0.3, -0.25) is 4.79 Å². The second-order valence-electron chi connectivity index (χ2n) is 15.2. The fourth-order valence-electron chi connectivity index (χ4n) is 11.4. The molecule has 210 valence electrons. The van der Waals surface area contributed by atoms with Gasteiger partial charge in [-0.05, 0) is 125 Å². The van der Waals surface area contributed by atoms with Gasteiger partial charge in [0, 0.05) is 24.6 Å². The SMILES string of the molecule is C[C@@]1(O)CC[C@@]2(CCO)[C@@H](CC[C@H]3[C@@H]4CC[C@H](C(=O)CN5CCC6(CCCCCC6)N5)[C@@]4(C)CC[C@@H]32)C1. The van der Waals surface area contributed by atoms with Crippen molar-refractivity contribution in [1.29, 1.82) is 0 Å². The maximum Gasteiger partial charge on any atom is 0.151 e. The first kappa shape index (κ1) is 26.7. The number of hydrazine groups is 1. The van der Waals surface area contributed by atoms with E-state index >= 15 is 0 Å². The molecule has 5 heteroatoms. The second kappa shape index (κ2) is 9.85. The summed E-state index contributed by atoms with van der Waals surface area (Å²) in [6.07, 6.45) is 20.0. The van der Waals surface area contributed by atoms with Crippen LogP contribution in [0.2, 0.25) is 0 Å². The summed E-state index contributed by atoms with van der Waals surface area (Å²) in [4.78, 5) is 13.9. The minimum Gasteiger partial charge on any atom is -0.396 e. The molecule has 5 nitrogen and oxygen atoms in total. The molecule has 1 saturated heterocycles. The Bertz CT molecular complexity index is 851. The maximum atomic E-state index is 13.9. The van der Waals surface area contributed by atoms with E-state index in [0.29, 0.717) is 36.0 Å². The molecule has 37 heavy (non-hydrogen) atoms. The third kappa shape index (κ3) is 4.56. The van der Waals surface area contributed by atoms with Gasteiger partial charge in [-0.25, -0.2) is 10.4 Å². The van der Waals surface area contributed by atoms with Crippen molar-refractivity contribution >= 4 is 5.78 Å². The topological polar surface area (TPSA) is 72.8 Å². The number of carbonyl (C=O) groups is 1. The largest absolute Gasteiger partial charge is 0.396 e. The van der Waals surface area contributed by atoms with E-state index in [-0.39, 0.29) is 28.9 Å². The van der Waals surface area contributed by atoms with Gasteiger partial charge in [0.1, 0.15) is 0 Å². The molecule has 0 amide bonds. The highest BCUT2D eigenvalue weighted by Gasteiger charge is 2.62. The van der Waals surface area contributed by atoms with Gasteiger partial charge in [0.25, 0.3) is 0 Å². The van der Waals surface area contributed by atoms with Crippen LogP contribution >= 0.6 is 0 Å². The monoisotopic (exact) mass is 514 g/mol. The van der Waals surface area contributed by atoms with E-state index in [2.05, 4.69) is 17.4 Å². The van der Waals surface area contributed by atoms with Gasteiger partial charge in [-0.15, -0.1) is 0 Å². The Morgan fingerprint density at radius 3 is 2.43 bits per heavy atom. The van der Waals surface area contributed by atoms with E-state index in [1.54, 1.807) is 0 Å². The van der Waals surface area contributed by atoms with Gasteiger partial charge >= 0.3 is 0 Å². The van der Waals surface area contributed by atoms with E-state index in [4.69, 9.17) is 0 Å². The van der Waals surface area contributed by atoms with E-state index in [9.17, 15) is 15.0 Å². The van der Waals surface area contributed by atoms with Crippen LogP contribution in [0.5, 0.6) is 0 Å². The summed E-state index contributed by atoms with van der Waals surface area (Å²) in [5.41, 5.74) is 3.93. The number of fused-ring (bicyclic) bond motifs is 5. The van der Waals surface area contributed by atoms with Crippen molar-refractivity contribution in [3.05, 3.63) is 0 Å². The number of nitrogens with one attached hydrogen (secondary N) is 1. The number of aliphatic hydroxyl groups excluding tert-OH is 1. The minimum absolute atomic E-state index is 0.144. The summed E-state index contributed by atoms with van der Waals surface area (Å²) in [6, 6.07) is 0. The van der Waals surface area contributed by atoms with Crippen molar-refractivity contribution in [3.8, 4) is 0 Å². The fraction of sp³-hybridized carbons (Fsp3) is 0.969. The Hall–Kier alpha value is -0.490. The van der Waals surface area contributed by atoms with Crippen molar-refractivity contribution in [2.45, 2.75) is 134 Å². The molecule has 6 rings (SSSR count). The molecule has 1 spiro atoms. The molecule has 1 heterocycles. The first-order chi connectivity index (χ1) is 17.7. The minimum atomic E-state index is -0.538. The van der Waals surface area contributed by atoms with Gasteiger partial charge in [-0.1, -0.05) is 32.6 Å². The number of ketones is 1. The molecule has 0 aromatic carbocycles. The summed E-state index contributed by atoms with van der Waals surface area (Å²) in [5.74, 6) is 3.27. The molecule has 0 radical (unpaired) electrons. The van der Waals surface area contributed by atoms with Crippen molar-refractivity contribution in [1.82, 2.24) is 10.4 Å². The molecular weight excluding hydrogens is 460 g/mol. The van der Waals surface area contributed by atoms with Gasteiger partial charge in [0.2, 0.25) is 0 Å². The zero-order valence-electron chi connectivity index (χ0n) is 23.8. The van der Waals surface area contributed by atoms with Crippen LogP contribution in [-0.2, 0) is 4.79 Å². The Morgan fingerprint density at radius 1 is 0.892 bits per heavy atom. The number of aliphatic hydroxyl groups is 2. The van der Waals surface area contributed by atoms with Gasteiger partial charge < -0.3 is 10.2 Å². The van der Waals surface area contributed by atoms with Crippen LogP contribution in [0.4, 0.5) is 0 Å². The molecule has 5 saturated carbocycles. The van der Waals surface area contributed by atoms with Crippen molar-refractivity contribution in [2.24, 2.45) is 40.4 Å². The van der Waals surface area contributed by atoms with E-state index < -0.39 is 5.60 Å². The lowest BCUT2D eigenvalue weighted by atomic mass is 9.42. The second-order valence-corrected chi connectivity index (χ2v) is 15.2. The van der Waals surface area contributed by atoms with Crippen LogP contribution < -0.4 is 5.43 Å². The number of nitrogens with zero attached hydrogens (tertiary/aromatic N) is 1. The van der Waals surface area contributed by atoms with E-state index in [1.165, 1.54) is 77.0 Å². The molecule has 6 fully saturated rings. The Labute approximate surface area is 225 Å². The normalized spacial score (nSPS) is 47.7. The van der Waals surface area contributed by atoms with Crippen LogP contribution in [0.15, 0.2) is 0 Å². The molecule has 0 aromatic rings. The molecule has 0 unspecified atom stereocenters. The lowest BCUT2D eigenvalue weighted by Crippen LogP contribution is -2.57. The van der Waals surface area contributed by atoms with E-state index in [0.717, 1.165) is 38.6 Å². The number of hydrogen-bond acceptors (Lipinski definition) is 5. The highest BCUT2D eigenvalue weighted by molar-refractivity contribution is 5.84. The van der Waals surface area contributed by atoms with Gasteiger partial charge in [-0.2, -0.15) is 0 Å². The number of hydrogen-bond donors (Lipinski definition) is 3. The Balaban J connectivity index is 1.15. The van der Waals surface area contributed by atoms with Crippen molar-refractivity contribution in [3.63, 3.8) is 0 Å². The fourth-order valence-corrected chi connectivity index (χ4v) is 11.4.